The van der Waals surface area contributed by atoms with Crippen LogP contribution in [0, 0.1) is 0 Å². The van der Waals surface area contributed by atoms with E-state index in [1.54, 1.807) is 0 Å². The van der Waals surface area contributed by atoms with Gasteiger partial charge in [-0.2, -0.15) is 0 Å². The van der Waals surface area contributed by atoms with E-state index in [2.05, 4.69) is 46.2 Å². The standard InChI is InChI=1S/C9H10INOS/c1-11-8(10)6-4-2-3-5-7(6)12-9(11)13/h2-5,8-9,13H,1H3. The molecule has 0 bridgehead atoms. The Morgan fingerprint density at radius 1 is 1.46 bits per heavy atom. The number of hydrogen-bond donors (Lipinski definition) is 1. The molecule has 13 heavy (non-hydrogen) atoms. The fraction of sp³-hybridized carbons (Fsp3) is 0.333. The van der Waals surface area contributed by atoms with E-state index in [1.165, 1.54) is 5.56 Å². The first-order chi connectivity index (χ1) is 6.20. The molecule has 2 atom stereocenters. The second-order valence-electron chi connectivity index (χ2n) is 2.98. The van der Waals surface area contributed by atoms with Gasteiger partial charge in [-0.15, -0.1) is 12.6 Å². The summed E-state index contributed by atoms with van der Waals surface area (Å²) in [7, 11) is 2.00. The van der Waals surface area contributed by atoms with Crippen molar-refractivity contribution >= 4 is 35.2 Å². The molecule has 0 amide bonds. The van der Waals surface area contributed by atoms with Crippen LogP contribution in [0.2, 0.25) is 0 Å². The van der Waals surface area contributed by atoms with Gasteiger partial charge in [-0.05, 0) is 13.1 Å². The minimum atomic E-state index is -0.142. The van der Waals surface area contributed by atoms with Gasteiger partial charge >= 0.3 is 0 Å². The van der Waals surface area contributed by atoms with Gasteiger partial charge in [0.15, 0.2) is 5.56 Å². The van der Waals surface area contributed by atoms with Crippen LogP contribution in [0.1, 0.15) is 9.61 Å². The molecule has 0 radical (unpaired) electrons. The van der Waals surface area contributed by atoms with Gasteiger partial charge < -0.3 is 4.74 Å². The Bertz CT molecular complexity index is 320. The summed E-state index contributed by atoms with van der Waals surface area (Å²) in [4.78, 5) is 2.08. The SMILES string of the molecule is CN1C(S)Oc2ccccc2C1I. The molecule has 1 aromatic rings. The number of para-hydroxylation sites is 1. The number of halogens is 1. The molecule has 4 heteroatoms. The second kappa shape index (κ2) is 3.67. The lowest BCUT2D eigenvalue weighted by atomic mass is 10.2. The van der Waals surface area contributed by atoms with Crippen LogP contribution in [0.3, 0.4) is 0 Å². The molecule has 2 rings (SSSR count). The second-order valence-corrected chi connectivity index (χ2v) is 4.60. The summed E-state index contributed by atoms with van der Waals surface area (Å²) in [6.45, 7) is 0. The molecule has 1 aliphatic heterocycles. The van der Waals surface area contributed by atoms with E-state index in [1.807, 2.05) is 25.2 Å². The minimum Gasteiger partial charge on any atom is -0.466 e. The summed E-state index contributed by atoms with van der Waals surface area (Å²) in [5, 5.41) is 0. The van der Waals surface area contributed by atoms with Crippen molar-refractivity contribution in [2.75, 3.05) is 7.05 Å². The zero-order valence-corrected chi connectivity index (χ0v) is 10.2. The summed E-state index contributed by atoms with van der Waals surface area (Å²) in [6, 6.07) is 8.08. The monoisotopic (exact) mass is 307 g/mol. The molecule has 0 N–H and O–H groups in total. The summed E-state index contributed by atoms with van der Waals surface area (Å²) < 4.78 is 5.94. The van der Waals surface area contributed by atoms with Crippen molar-refractivity contribution in [3.63, 3.8) is 0 Å². The average Bonchev–Trinajstić information content (AvgIpc) is 2.15. The zero-order chi connectivity index (χ0) is 9.42. The van der Waals surface area contributed by atoms with Crippen LogP contribution >= 0.6 is 35.2 Å². The highest BCUT2D eigenvalue weighted by Gasteiger charge is 2.28. The summed E-state index contributed by atoms with van der Waals surface area (Å²) in [6.07, 6.45) is 0. The highest BCUT2D eigenvalue weighted by molar-refractivity contribution is 14.1. The first kappa shape index (κ1) is 9.61. The number of fused-ring (bicyclic) bond motifs is 1. The molecule has 0 aliphatic carbocycles. The highest BCUT2D eigenvalue weighted by Crippen LogP contribution is 2.39. The molecule has 70 valence electrons. The van der Waals surface area contributed by atoms with Gasteiger partial charge in [0.25, 0.3) is 0 Å². The Kier molecular flexibility index (Phi) is 2.71. The predicted molar refractivity (Wildman–Crippen MR) is 64.4 cm³/mol. The molecule has 1 heterocycles. The quantitative estimate of drug-likeness (QED) is 0.342. The molecular formula is C9H10INOS. The van der Waals surface area contributed by atoms with Gasteiger partial charge in [-0.1, -0.05) is 40.8 Å². The molecule has 1 aliphatic rings. The van der Waals surface area contributed by atoms with Crippen LogP contribution in [0.5, 0.6) is 5.75 Å². The molecular weight excluding hydrogens is 297 g/mol. The largest absolute Gasteiger partial charge is 0.466 e. The average molecular weight is 307 g/mol. The van der Waals surface area contributed by atoms with Gasteiger partial charge in [0, 0.05) is 5.56 Å². The molecule has 2 unspecified atom stereocenters. The van der Waals surface area contributed by atoms with E-state index in [0.29, 0.717) is 4.05 Å². The smallest absolute Gasteiger partial charge is 0.199 e. The lowest BCUT2D eigenvalue weighted by molar-refractivity contribution is 0.0937. The maximum atomic E-state index is 5.60. The number of hydrogen-bond acceptors (Lipinski definition) is 3. The van der Waals surface area contributed by atoms with E-state index in [0.717, 1.165) is 5.75 Å². The molecule has 0 fully saturated rings. The Hall–Kier alpha value is 0.0600. The molecule has 1 aromatic carbocycles. The Balaban J connectivity index is 2.43. The third-order valence-corrected chi connectivity index (χ3v) is 4.13. The van der Waals surface area contributed by atoms with Gasteiger partial charge in [-0.25, -0.2) is 4.90 Å². The first-order valence-electron chi connectivity index (χ1n) is 4.00. The van der Waals surface area contributed by atoms with Crippen molar-refractivity contribution in [1.82, 2.24) is 4.90 Å². The van der Waals surface area contributed by atoms with Crippen LogP contribution in [0.25, 0.3) is 0 Å². The maximum Gasteiger partial charge on any atom is 0.199 e. The number of nitrogens with zero attached hydrogens (tertiary/aromatic N) is 1. The van der Waals surface area contributed by atoms with Gasteiger partial charge in [-0.3, -0.25) is 0 Å². The lowest BCUT2D eigenvalue weighted by Gasteiger charge is -2.35. The van der Waals surface area contributed by atoms with Crippen molar-refractivity contribution in [2.45, 2.75) is 9.61 Å². The normalized spacial score (nSPS) is 27.9. The summed E-state index contributed by atoms with van der Waals surface area (Å²) in [5.74, 6) is 0.944. The molecule has 0 saturated heterocycles. The lowest BCUT2D eigenvalue weighted by Crippen LogP contribution is -2.37. The van der Waals surface area contributed by atoms with E-state index >= 15 is 0 Å². The van der Waals surface area contributed by atoms with Crippen molar-refractivity contribution in [1.29, 1.82) is 0 Å². The van der Waals surface area contributed by atoms with E-state index < -0.39 is 0 Å². The predicted octanol–water partition coefficient (Wildman–Crippen LogP) is 2.66. The minimum absolute atomic E-state index is 0.142. The van der Waals surface area contributed by atoms with E-state index in [-0.39, 0.29) is 5.56 Å². The number of benzene rings is 1. The summed E-state index contributed by atoms with van der Waals surface area (Å²) >= 11 is 6.73. The van der Waals surface area contributed by atoms with Crippen LogP contribution in [-0.4, -0.2) is 17.5 Å². The van der Waals surface area contributed by atoms with Crippen molar-refractivity contribution in [3.05, 3.63) is 29.8 Å². The molecule has 2 nitrogen and oxygen atoms in total. The van der Waals surface area contributed by atoms with Crippen molar-refractivity contribution in [3.8, 4) is 5.75 Å². The molecule has 0 saturated carbocycles. The molecule has 0 spiro atoms. The van der Waals surface area contributed by atoms with Gasteiger partial charge in [0.2, 0.25) is 0 Å². The third kappa shape index (κ3) is 1.67. The Morgan fingerprint density at radius 3 is 2.92 bits per heavy atom. The van der Waals surface area contributed by atoms with Crippen LogP contribution in [0.15, 0.2) is 24.3 Å². The fourth-order valence-corrected chi connectivity index (χ4v) is 2.62. The first-order valence-corrected chi connectivity index (χ1v) is 5.76. The van der Waals surface area contributed by atoms with Crippen molar-refractivity contribution < 1.29 is 4.74 Å². The number of rotatable bonds is 0. The number of ether oxygens (including phenoxy) is 1. The van der Waals surface area contributed by atoms with E-state index in [4.69, 9.17) is 4.74 Å². The maximum absolute atomic E-state index is 5.60. The Morgan fingerprint density at radius 2 is 2.15 bits per heavy atom. The van der Waals surface area contributed by atoms with Gasteiger partial charge in [0.05, 0.1) is 4.05 Å². The van der Waals surface area contributed by atoms with Crippen LogP contribution < -0.4 is 4.74 Å². The van der Waals surface area contributed by atoms with Crippen LogP contribution in [0.4, 0.5) is 0 Å². The Labute approximate surface area is 96.8 Å². The van der Waals surface area contributed by atoms with Crippen LogP contribution in [-0.2, 0) is 0 Å². The van der Waals surface area contributed by atoms with Gasteiger partial charge in [0.1, 0.15) is 5.75 Å². The van der Waals surface area contributed by atoms with E-state index in [9.17, 15) is 0 Å². The number of alkyl halides is 1. The van der Waals surface area contributed by atoms with Crippen molar-refractivity contribution in [2.24, 2.45) is 0 Å². The topological polar surface area (TPSA) is 12.5 Å². The summed E-state index contributed by atoms with van der Waals surface area (Å²) in [5.41, 5.74) is 1.08. The zero-order valence-electron chi connectivity index (χ0n) is 7.14. The molecule has 0 aromatic heterocycles. The number of thiol groups is 1. The third-order valence-electron chi connectivity index (χ3n) is 2.11. The fourth-order valence-electron chi connectivity index (χ4n) is 1.31. The highest BCUT2D eigenvalue weighted by atomic mass is 127.